The van der Waals surface area contributed by atoms with Crippen molar-refractivity contribution in [2.75, 3.05) is 34.6 Å². The summed E-state index contributed by atoms with van der Waals surface area (Å²) < 4.78 is 33.2. The van der Waals surface area contributed by atoms with Gasteiger partial charge in [0.05, 0.1) is 23.4 Å². The van der Waals surface area contributed by atoms with Gasteiger partial charge < -0.3 is 15.0 Å². The summed E-state index contributed by atoms with van der Waals surface area (Å²) in [5.74, 6) is 1.28. The van der Waals surface area contributed by atoms with E-state index in [-0.39, 0.29) is 4.90 Å². The fourth-order valence-corrected chi connectivity index (χ4v) is 4.49. The van der Waals surface area contributed by atoms with Crippen molar-refractivity contribution in [1.82, 2.24) is 10.2 Å². The van der Waals surface area contributed by atoms with E-state index in [9.17, 15) is 8.42 Å². The SMILES string of the molecule is CCOc1ccc(S(=O)(=O)Nc2ccc(Nc3cc(N4CCCC4)cnn3)cc2)cc1. The van der Waals surface area contributed by atoms with E-state index in [4.69, 9.17) is 4.74 Å². The predicted molar refractivity (Wildman–Crippen MR) is 122 cm³/mol. The van der Waals surface area contributed by atoms with Gasteiger partial charge in [-0.3, -0.25) is 4.72 Å². The summed E-state index contributed by atoms with van der Waals surface area (Å²) in [7, 11) is -3.69. The molecular weight excluding hydrogens is 414 g/mol. The summed E-state index contributed by atoms with van der Waals surface area (Å²) >= 11 is 0. The lowest BCUT2D eigenvalue weighted by molar-refractivity contribution is 0.340. The van der Waals surface area contributed by atoms with Gasteiger partial charge in [-0.15, -0.1) is 5.10 Å². The fraction of sp³-hybridized carbons (Fsp3) is 0.273. The molecule has 31 heavy (non-hydrogen) atoms. The summed E-state index contributed by atoms with van der Waals surface area (Å²) in [6.07, 6.45) is 4.16. The van der Waals surface area contributed by atoms with Crippen molar-refractivity contribution in [3.05, 3.63) is 60.8 Å². The Bertz CT molecular complexity index is 1110. The molecule has 0 amide bonds. The molecule has 0 saturated carbocycles. The second-order valence-electron chi connectivity index (χ2n) is 7.21. The first-order valence-corrected chi connectivity index (χ1v) is 11.7. The van der Waals surface area contributed by atoms with Crippen LogP contribution in [0.4, 0.5) is 22.9 Å². The van der Waals surface area contributed by atoms with Gasteiger partial charge in [0.15, 0.2) is 5.82 Å². The summed E-state index contributed by atoms with van der Waals surface area (Å²) in [5.41, 5.74) is 2.31. The van der Waals surface area contributed by atoms with E-state index >= 15 is 0 Å². The molecule has 9 heteroatoms. The number of nitrogens with zero attached hydrogens (tertiary/aromatic N) is 3. The number of benzene rings is 2. The van der Waals surface area contributed by atoms with Gasteiger partial charge in [-0.2, -0.15) is 5.10 Å². The van der Waals surface area contributed by atoms with Crippen LogP contribution in [0.5, 0.6) is 5.75 Å². The number of ether oxygens (including phenoxy) is 1. The number of rotatable bonds is 8. The third kappa shape index (κ3) is 5.24. The molecule has 2 heterocycles. The summed E-state index contributed by atoms with van der Waals surface area (Å²) in [5, 5.41) is 11.4. The Morgan fingerprint density at radius 1 is 1.00 bits per heavy atom. The molecule has 0 atom stereocenters. The molecule has 8 nitrogen and oxygen atoms in total. The highest BCUT2D eigenvalue weighted by molar-refractivity contribution is 7.92. The van der Waals surface area contributed by atoms with Gasteiger partial charge in [0.25, 0.3) is 10.0 Å². The van der Waals surface area contributed by atoms with E-state index in [1.54, 1.807) is 42.6 Å². The number of hydrogen-bond donors (Lipinski definition) is 2. The van der Waals surface area contributed by atoms with Crippen molar-refractivity contribution in [3.8, 4) is 5.75 Å². The van der Waals surface area contributed by atoms with Crippen LogP contribution in [-0.2, 0) is 10.0 Å². The average molecular weight is 440 g/mol. The van der Waals surface area contributed by atoms with Crippen molar-refractivity contribution in [3.63, 3.8) is 0 Å². The van der Waals surface area contributed by atoms with Gasteiger partial charge in [0.1, 0.15) is 5.75 Å². The zero-order valence-corrected chi connectivity index (χ0v) is 18.1. The second kappa shape index (κ2) is 9.22. The Kier molecular flexibility index (Phi) is 6.22. The zero-order chi connectivity index (χ0) is 21.7. The second-order valence-corrected chi connectivity index (χ2v) is 8.89. The number of nitrogens with one attached hydrogen (secondary N) is 2. The van der Waals surface area contributed by atoms with Crippen LogP contribution >= 0.6 is 0 Å². The van der Waals surface area contributed by atoms with Gasteiger partial charge in [-0.1, -0.05) is 0 Å². The lowest BCUT2D eigenvalue weighted by Gasteiger charge is -2.17. The molecule has 1 aliphatic rings. The van der Waals surface area contributed by atoms with Crippen LogP contribution < -0.4 is 19.7 Å². The van der Waals surface area contributed by atoms with Crippen molar-refractivity contribution in [1.29, 1.82) is 0 Å². The number of aromatic nitrogens is 2. The van der Waals surface area contributed by atoms with E-state index < -0.39 is 10.0 Å². The maximum Gasteiger partial charge on any atom is 0.261 e. The normalized spacial score (nSPS) is 13.8. The highest BCUT2D eigenvalue weighted by atomic mass is 32.2. The first kappa shape index (κ1) is 20.9. The van der Waals surface area contributed by atoms with E-state index in [1.807, 2.05) is 13.0 Å². The first-order chi connectivity index (χ1) is 15.0. The topological polar surface area (TPSA) is 96.5 Å². The third-order valence-electron chi connectivity index (χ3n) is 4.97. The lowest BCUT2D eigenvalue weighted by atomic mass is 10.3. The van der Waals surface area contributed by atoms with Crippen LogP contribution in [0.2, 0.25) is 0 Å². The van der Waals surface area contributed by atoms with Gasteiger partial charge >= 0.3 is 0 Å². The van der Waals surface area contributed by atoms with E-state index in [1.165, 1.54) is 25.0 Å². The Morgan fingerprint density at radius 3 is 2.35 bits per heavy atom. The molecule has 162 valence electrons. The van der Waals surface area contributed by atoms with Crippen LogP contribution in [0.1, 0.15) is 19.8 Å². The largest absolute Gasteiger partial charge is 0.494 e. The predicted octanol–water partition coefficient (Wildman–Crippen LogP) is 4.02. The van der Waals surface area contributed by atoms with Gasteiger partial charge in [0.2, 0.25) is 0 Å². The lowest BCUT2D eigenvalue weighted by Crippen LogP contribution is -2.18. The molecule has 0 spiro atoms. The van der Waals surface area contributed by atoms with Gasteiger partial charge in [-0.05, 0) is 68.3 Å². The maximum absolute atomic E-state index is 12.6. The van der Waals surface area contributed by atoms with Crippen LogP contribution in [0.25, 0.3) is 0 Å². The molecule has 4 rings (SSSR count). The van der Waals surface area contributed by atoms with E-state index in [0.29, 0.717) is 23.9 Å². The minimum Gasteiger partial charge on any atom is -0.494 e. The van der Waals surface area contributed by atoms with Crippen molar-refractivity contribution < 1.29 is 13.2 Å². The maximum atomic E-state index is 12.6. The number of sulfonamides is 1. The van der Waals surface area contributed by atoms with Gasteiger partial charge in [0, 0.05) is 30.5 Å². The molecular formula is C22H25N5O3S. The molecule has 2 aromatic carbocycles. The highest BCUT2D eigenvalue weighted by Crippen LogP contribution is 2.24. The monoisotopic (exact) mass is 439 g/mol. The van der Waals surface area contributed by atoms with Crippen LogP contribution in [-0.4, -0.2) is 38.3 Å². The Balaban J connectivity index is 1.41. The quantitative estimate of drug-likeness (QED) is 0.547. The molecule has 0 bridgehead atoms. The Hall–Kier alpha value is -3.33. The molecule has 1 fully saturated rings. The van der Waals surface area contributed by atoms with E-state index in [0.717, 1.165) is 24.5 Å². The molecule has 0 radical (unpaired) electrons. The third-order valence-corrected chi connectivity index (χ3v) is 6.36. The smallest absolute Gasteiger partial charge is 0.261 e. The minimum absolute atomic E-state index is 0.173. The number of anilines is 4. The van der Waals surface area contributed by atoms with Crippen molar-refractivity contribution in [2.45, 2.75) is 24.7 Å². The molecule has 3 aromatic rings. The zero-order valence-electron chi connectivity index (χ0n) is 17.3. The van der Waals surface area contributed by atoms with Crippen LogP contribution in [0.15, 0.2) is 65.7 Å². The molecule has 0 aliphatic carbocycles. The Labute approximate surface area is 182 Å². The number of hydrogen-bond acceptors (Lipinski definition) is 7. The summed E-state index contributed by atoms with van der Waals surface area (Å²) in [4.78, 5) is 2.46. The Morgan fingerprint density at radius 2 is 1.68 bits per heavy atom. The van der Waals surface area contributed by atoms with Crippen molar-refractivity contribution in [2.24, 2.45) is 0 Å². The molecule has 1 aromatic heterocycles. The van der Waals surface area contributed by atoms with Crippen LogP contribution in [0, 0.1) is 0 Å². The average Bonchev–Trinajstić information content (AvgIpc) is 3.31. The fourth-order valence-electron chi connectivity index (χ4n) is 3.43. The van der Waals surface area contributed by atoms with Crippen molar-refractivity contribution >= 4 is 32.9 Å². The molecule has 1 aliphatic heterocycles. The summed E-state index contributed by atoms with van der Waals surface area (Å²) in [6.45, 7) is 4.48. The van der Waals surface area contributed by atoms with Crippen LogP contribution in [0.3, 0.4) is 0 Å². The standard InChI is InChI=1S/C22H25N5O3S/c1-2-30-20-9-11-21(12-10-20)31(28,29)26-18-7-5-17(6-8-18)24-22-15-19(16-23-25-22)27-13-3-4-14-27/h5-12,15-16,26H,2-4,13-14H2,1H3,(H,24,25). The molecule has 1 saturated heterocycles. The van der Waals surface area contributed by atoms with E-state index in [2.05, 4.69) is 25.1 Å². The molecule has 2 N–H and O–H groups in total. The minimum atomic E-state index is -3.69. The highest BCUT2D eigenvalue weighted by Gasteiger charge is 2.15. The first-order valence-electron chi connectivity index (χ1n) is 10.2. The van der Waals surface area contributed by atoms with Gasteiger partial charge in [-0.25, -0.2) is 8.42 Å². The molecule has 0 unspecified atom stereocenters. The summed E-state index contributed by atoms with van der Waals surface area (Å²) in [6, 6.07) is 15.3.